The van der Waals surface area contributed by atoms with E-state index >= 15 is 0 Å². The molecule has 100 valence electrons. The van der Waals surface area contributed by atoms with Crippen LogP contribution in [-0.4, -0.2) is 19.2 Å². The Bertz CT molecular complexity index is 369. The van der Waals surface area contributed by atoms with Crippen molar-refractivity contribution in [1.82, 2.24) is 5.32 Å². The summed E-state index contributed by atoms with van der Waals surface area (Å²) < 4.78 is 18.6. The number of ether oxygens (including phenoxy) is 1. The molecule has 0 heterocycles. The van der Waals surface area contributed by atoms with Crippen LogP contribution in [0.15, 0.2) is 24.3 Å². The monoisotopic (exact) mass is 251 g/mol. The molecule has 2 nitrogen and oxygen atoms in total. The maximum absolute atomic E-state index is 13.0. The third kappa shape index (κ3) is 3.70. The second kappa shape index (κ2) is 6.74. The Morgan fingerprint density at radius 3 is 3.06 bits per heavy atom. The number of hydrogen-bond donors (Lipinski definition) is 1. The van der Waals surface area contributed by atoms with Crippen molar-refractivity contribution < 1.29 is 9.13 Å². The molecule has 3 heteroatoms. The van der Waals surface area contributed by atoms with Crippen LogP contribution in [0.3, 0.4) is 0 Å². The van der Waals surface area contributed by atoms with Gasteiger partial charge in [0.1, 0.15) is 11.6 Å². The SMILES string of the molecule is CCNC1CCCC1CCOc1cccc(F)c1. The molecular weight excluding hydrogens is 229 g/mol. The second-order valence-electron chi connectivity index (χ2n) is 4.95. The van der Waals surface area contributed by atoms with Crippen molar-refractivity contribution in [1.29, 1.82) is 0 Å². The number of benzene rings is 1. The van der Waals surface area contributed by atoms with E-state index in [-0.39, 0.29) is 5.82 Å². The summed E-state index contributed by atoms with van der Waals surface area (Å²) >= 11 is 0. The van der Waals surface area contributed by atoms with Gasteiger partial charge in [0.15, 0.2) is 0 Å². The molecule has 0 amide bonds. The van der Waals surface area contributed by atoms with Crippen molar-refractivity contribution in [3.63, 3.8) is 0 Å². The average Bonchev–Trinajstić information content (AvgIpc) is 2.78. The van der Waals surface area contributed by atoms with Gasteiger partial charge < -0.3 is 10.1 Å². The van der Waals surface area contributed by atoms with Crippen molar-refractivity contribution in [3.05, 3.63) is 30.1 Å². The molecule has 0 aliphatic heterocycles. The van der Waals surface area contributed by atoms with Crippen LogP contribution in [0.25, 0.3) is 0 Å². The molecule has 0 spiro atoms. The number of rotatable bonds is 6. The normalized spacial score (nSPS) is 23.2. The highest BCUT2D eigenvalue weighted by Crippen LogP contribution is 2.28. The molecule has 2 rings (SSSR count). The molecule has 18 heavy (non-hydrogen) atoms. The summed E-state index contributed by atoms with van der Waals surface area (Å²) in [6.07, 6.45) is 4.92. The minimum absolute atomic E-state index is 0.237. The van der Waals surface area contributed by atoms with Gasteiger partial charge in [0.05, 0.1) is 6.61 Å². The van der Waals surface area contributed by atoms with E-state index in [0.29, 0.717) is 24.3 Å². The van der Waals surface area contributed by atoms with E-state index in [4.69, 9.17) is 4.74 Å². The van der Waals surface area contributed by atoms with Crippen molar-refractivity contribution in [3.8, 4) is 5.75 Å². The van der Waals surface area contributed by atoms with Gasteiger partial charge >= 0.3 is 0 Å². The van der Waals surface area contributed by atoms with Crippen LogP contribution >= 0.6 is 0 Å². The molecule has 1 aromatic rings. The second-order valence-corrected chi connectivity index (χ2v) is 4.95. The average molecular weight is 251 g/mol. The molecule has 0 saturated heterocycles. The predicted molar refractivity (Wildman–Crippen MR) is 71.3 cm³/mol. The van der Waals surface area contributed by atoms with Gasteiger partial charge in [0.25, 0.3) is 0 Å². The van der Waals surface area contributed by atoms with Gasteiger partial charge in [-0.25, -0.2) is 4.39 Å². The smallest absolute Gasteiger partial charge is 0.126 e. The molecule has 0 bridgehead atoms. The van der Waals surface area contributed by atoms with Gasteiger partial charge in [0, 0.05) is 12.1 Å². The Labute approximate surface area is 109 Å². The fourth-order valence-electron chi connectivity index (χ4n) is 2.80. The summed E-state index contributed by atoms with van der Waals surface area (Å²) in [6, 6.07) is 7.01. The van der Waals surface area contributed by atoms with Crippen LogP contribution in [0, 0.1) is 11.7 Å². The zero-order chi connectivity index (χ0) is 12.8. The summed E-state index contributed by atoms with van der Waals surface area (Å²) in [5.41, 5.74) is 0. The molecule has 1 aliphatic carbocycles. The summed E-state index contributed by atoms with van der Waals surface area (Å²) in [6.45, 7) is 3.86. The lowest BCUT2D eigenvalue weighted by molar-refractivity contribution is 0.260. The minimum atomic E-state index is -0.237. The third-order valence-corrected chi connectivity index (χ3v) is 3.68. The van der Waals surface area contributed by atoms with Crippen LogP contribution in [0.1, 0.15) is 32.6 Å². The summed E-state index contributed by atoms with van der Waals surface area (Å²) in [4.78, 5) is 0. The Morgan fingerprint density at radius 1 is 1.39 bits per heavy atom. The third-order valence-electron chi connectivity index (χ3n) is 3.68. The van der Waals surface area contributed by atoms with Gasteiger partial charge in [0.2, 0.25) is 0 Å². The van der Waals surface area contributed by atoms with Crippen LogP contribution in [0.2, 0.25) is 0 Å². The van der Waals surface area contributed by atoms with E-state index in [0.717, 1.165) is 13.0 Å². The highest BCUT2D eigenvalue weighted by atomic mass is 19.1. The fraction of sp³-hybridized carbons (Fsp3) is 0.600. The first-order valence-corrected chi connectivity index (χ1v) is 6.91. The van der Waals surface area contributed by atoms with E-state index in [1.807, 2.05) is 0 Å². The number of hydrogen-bond acceptors (Lipinski definition) is 2. The molecule has 2 unspecified atom stereocenters. The quantitative estimate of drug-likeness (QED) is 0.837. The molecule has 1 N–H and O–H groups in total. The maximum Gasteiger partial charge on any atom is 0.126 e. The zero-order valence-electron chi connectivity index (χ0n) is 11.0. The van der Waals surface area contributed by atoms with Crippen LogP contribution in [0.4, 0.5) is 4.39 Å². The largest absolute Gasteiger partial charge is 0.493 e. The minimum Gasteiger partial charge on any atom is -0.493 e. The van der Waals surface area contributed by atoms with Crippen molar-refractivity contribution in [2.75, 3.05) is 13.2 Å². The van der Waals surface area contributed by atoms with Gasteiger partial charge in [-0.2, -0.15) is 0 Å². The summed E-state index contributed by atoms with van der Waals surface area (Å²) in [7, 11) is 0. The Hall–Kier alpha value is -1.09. The van der Waals surface area contributed by atoms with Crippen LogP contribution in [-0.2, 0) is 0 Å². The molecule has 0 aromatic heterocycles. The van der Waals surface area contributed by atoms with Gasteiger partial charge in [-0.1, -0.05) is 19.4 Å². The topological polar surface area (TPSA) is 21.3 Å². The zero-order valence-corrected chi connectivity index (χ0v) is 11.0. The molecule has 0 radical (unpaired) electrons. The van der Waals surface area contributed by atoms with E-state index in [1.165, 1.54) is 31.4 Å². The molecule has 1 aliphatic rings. The van der Waals surface area contributed by atoms with Crippen LogP contribution < -0.4 is 10.1 Å². The number of nitrogens with one attached hydrogen (secondary N) is 1. The standard InChI is InChI=1S/C15H22FNO/c1-2-17-15-8-3-5-12(15)9-10-18-14-7-4-6-13(16)11-14/h4,6-7,11-12,15,17H,2-3,5,8-10H2,1H3. The van der Waals surface area contributed by atoms with Gasteiger partial charge in [-0.15, -0.1) is 0 Å². The highest BCUT2D eigenvalue weighted by Gasteiger charge is 2.25. The maximum atomic E-state index is 13.0. The van der Waals surface area contributed by atoms with E-state index in [9.17, 15) is 4.39 Å². The molecule has 2 atom stereocenters. The molecule has 1 aromatic carbocycles. The lowest BCUT2D eigenvalue weighted by Gasteiger charge is -2.20. The fourth-order valence-corrected chi connectivity index (χ4v) is 2.80. The Kier molecular flexibility index (Phi) is 5.00. The van der Waals surface area contributed by atoms with Gasteiger partial charge in [-0.3, -0.25) is 0 Å². The van der Waals surface area contributed by atoms with Gasteiger partial charge in [-0.05, 0) is 43.9 Å². The molecule has 1 saturated carbocycles. The summed E-state index contributed by atoms with van der Waals surface area (Å²) in [5.74, 6) is 1.10. The van der Waals surface area contributed by atoms with Crippen LogP contribution in [0.5, 0.6) is 5.75 Å². The van der Waals surface area contributed by atoms with Crippen molar-refractivity contribution in [2.24, 2.45) is 5.92 Å². The number of halogens is 1. The first-order valence-electron chi connectivity index (χ1n) is 6.91. The van der Waals surface area contributed by atoms with Crippen molar-refractivity contribution in [2.45, 2.75) is 38.6 Å². The highest BCUT2D eigenvalue weighted by molar-refractivity contribution is 5.22. The van der Waals surface area contributed by atoms with E-state index < -0.39 is 0 Å². The first kappa shape index (κ1) is 13.3. The molecule has 1 fully saturated rings. The molecular formula is C15H22FNO. The van der Waals surface area contributed by atoms with E-state index in [2.05, 4.69) is 12.2 Å². The lowest BCUT2D eigenvalue weighted by Crippen LogP contribution is -2.32. The Morgan fingerprint density at radius 2 is 2.28 bits per heavy atom. The lowest BCUT2D eigenvalue weighted by atomic mass is 10.00. The van der Waals surface area contributed by atoms with Crippen molar-refractivity contribution >= 4 is 0 Å². The van der Waals surface area contributed by atoms with E-state index in [1.54, 1.807) is 12.1 Å². The summed E-state index contributed by atoms with van der Waals surface area (Å²) in [5, 5.41) is 3.54. The predicted octanol–water partition coefficient (Wildman–Crippen LogP) is 3.37. The first-order chi connectivity index (χ1) is 8.79. The Balaban J connectivity index is 1.74.